The Labute approximate surface area is 148 Å². The molecule has 2 unspecified atom stereocenters. The lowest BCUT2D eigenvalue weighted by molar-refractivity contribution is -0.118. The van der Waals surface area contributed by atoms with E-state index in [-0.39, 0.29) is 30.4 Å². The summed E-state index contributed by atoms with van der Waals surface area (Å²) in [5.41, 5.74) is 0. The predicted octanol–water partition coefficient (Wildman–Crippen LogP) is 1.22. The van der Waals surface area contributed by atoms with Gasteiger partial charge in [-0.3, -0.25) is 4.79 Å². The number of hydrogen-bond acceptors (Lipinski definition) is 5. The molecule has 0 spiro atoms. The first-order valence-electron chi connectivity index (χ1n) is 7.40. The topological polar surface area (TPSA) is 78.5 Å². The van der Waals surface area contributed by atoms with Crippen molar-refractivity contribution < 1.29 is 13.2 Å². The van der Waals surface area contributed by atoms with E-state index >= 15 is 0 Å². The van der Waals surface area contributed by atoms with E-state index in [9.17, 15) is 13.2 Å². The van der Waals surface area contributed by atoms with Gasteiger partial charge in [0, 0.05) is 43.5 Å². The Morgan fingerprint density at radius 3 is 2.78 bits per heavy atom. The number of carbonyl (C=O) groups excluding carboxylic acids is 1. The van der Waals surface area contributed by atoms with E-state index in [1.807, 2.05) is 19.9 Å². The fourth-order valence-corrected chi connectivity index (χ4v) is 5.66. The maximum atomic E-state index is 12.8. The minimum Gasteiger partial charge on any atom is -0.356 e. The molecule has 132 valence electrons. The highest BCUT2D eigenvalue weighted by Crippen LogP contribution is 2.27. The molecule has 0 aliphatic carbocycles. The fraction of sp³-hybridized carbons (Fsp3) is 0.643. The first-order valence-corrected chi connectivity index (χ1v) is 9.66. The van der Waals surface area contributed by atoms with Crippen LogP contribution >= 0.6 is 23.7 Å². The first kappa shape index (κ1) is 20.4. The molecule has 1 fully saturated rings. The van der Waals surface area contributed by atoms with Crippen molar-refractivity contribution in [3.63, 3.8) is 0 Å². The van der Waals surface area contributed by atoms with E-state index in [1.165, 1.54) is 18.3 Å². The maximum Gasteiger partial charge on any atom is 0.252 e. The molecule has 2 rings (SSSR count). The highest BCUT2D eigenvalue weighted by Gasteiger charge is 2.35. The van der Waals surface area contributed by atoms with E-state index in [2.05, 4.69) is 10.6 Å². The summed E-state index contributed by atoms with van der Waals surface area (Å²) < 4.78 is 27.5. The molecule has 0 bridgehead atoms. The highest BCUT2D eigenvalue weighted by atomic mass is 35.5. The van der Waals surface area contributed by atoms with Crippen LogP contribution in [0.3, 0.4) is 0 Å². The summed E-state index contributed by atoms with van der Waals surface area (Å²) in [5, 5.41) is 6.00. The van der Waals surface area contributed by atoms with Crippen LogP contribution in [0.4, 0.5) is 0 Å². The average Bonchev–Trinajstić information content (AvgIpc) is 2.91. The standard InChI is InChI=1S/C14H23N3O3S2.ClH/c1-10-11(2)17(9-8-15-10)22(19,20)14-5-4-13(21-14)6-7-16-12(3)18;/h4-5,10-11,15H,6-9H2,1-3H3,(H,16,18);1H. The van der Waals surface area contributed by atoms with E-state index in [4.69, 9.17) is 0 Å². The van der Waals surface area contributed by atoms with Gasteiger partial charge in [-0.1, -0.05) is 0 Å². The van der Waals surface area contributed by atoms with Gasteiger partial charge >= 0.3 is 0 Å². The number of sulfonamides is 1. The van der Waals surface area contributed by atoms with Crippen molar-refractivity contribution in [2.75, 3.05) is 19.6 Å². The number of rotatable bonds is 5. The van der Waals surface area contributed by atoms with Gasteiger partial charge in [0.15, 0.2) is 0 Å². The Bertz CT molecular complexity index is 633. The molecular formula is C14H24ClN3O3S2. The highest BCUT2D eigenvalue weighted by molar-refractivity contribution is 7.91. The molecule has 0 saturated carbocycles. The van der Waals surface area contributed by atoms with Crippen molar-refractivity contribution >= 4 is 39.7 Å². The van der Waals surface area contributed by atoms with Crippen molar-refractivity contribution in [3.05, 3.63) is 17.0 Å². The van der Waals surface area contributed by atoms with Gasteiger partial charge in [-0.15, -0.1) is 23.7 Å². The van der Waals surface area contributed by atoms with Crippen LogP contribution in [-0.2, 0) is 21.2 Å². The molecule has 2 N–H and O–H groups in total. The van der Waals surface area contributed by atoms with Gasteiger partial charge < -0.3 is 10.6 Å². The van der Waals surface area contributed by atoms with E-state index in [0.29, 0.717) is 30.3 Å². The Kier molecular flexibility index (Phi) is 7.47. The summed E-state index contributed by atoms with van der Waals surface area (Å²) in [6.45, 7) is 7.09. The Morgan fingerprint density at radius 1 is 1.43 bits per heavy atom. The summed E-state index contributed by atoms with van der Waals surface area (Å²) in [6.07, 6.45) is 0.646. The molecule has 1 aromatic heterocycles. The van der Waals surface area contributed by atoms with Crippen LogP contribution < -0.4 is 10.6 Å². The van der Waals surface area contributed by atoms with Crippen molar-refractivity contribution in [1.82, 2.24) is 14.9 Å². The average molecular weight is 382 g/mol. The SMILES string of the molecule is CC(=O)NCCc1ccc(S(=O)(=O)N2CCNC(C)C2C)s1.Cl. The van der Waals surface area contributed by atoms with Gasteiger partial charge in [0.05, 0.1) is 0 Å². The molecule has 0 radical (unpaired) electrons. The summed E-state index contributed by atoms with van der Waals surface area (Å²) in [4.78, 5) is 11.8. The van der Waals surface area contributed by atoms with Crippen LogP contribution in [0, 0.1) is 0 Å². The summed E-state index contributed by atoms with van der Waals surface area (Å²) in [5.74, 6) is -0.0759. The number of nitrogens with one attached hydrogen (secondary N) is 2. The Balaban J connectivity index is 0.00000264. The number of nitrogens with zero attached hydrogens (tertiary/aromatic N) is 1. The van der Waals surface area contributed by atoms with Crippen molar-refractivity contribution in [2.45, 2.75) is 43.5 Å². The normalized spacial score (nSPS) is 22.4. The molecule has 2 heterocycles. The van der Waals surface area contributed by atoms with Gasteiger partial charge in [-0.2, -0.15) is 4.31 Å². The number of hydrogen-bond donors (Lipinski definition) is 2. The van der Waals surface area contributed by atoms with Crippen LogP contribution in [0.5, 0.6) is 0 Å². The number of carbonyl (C=O) groups is 1. The number of halogens is 1. The Morgan fingerprint density at radius 2 is 2.13 bits per heavy atom. The minimum atomic E-state index is -3.44. The molecule has 23 heavy (non-hydrogen) atoms. The molecular weight excluding hydrogens is 358 g/mol. The van der Waals surface area contributed by atoms with Gasteiger partial charge in [0.25, 0.3) is 10.0 Å². The van der Waals surface area contributed by atoms with Crippen LogP contribution in [-0.4, -0.2) is 50.3 Å². The monoisotopic (exact) mass is 381 g/mol. The second kappa shape index (κ2) is 8.43. The smallest absolute Gasteiger partial charge is 0.252 e. The van der Waals surface area contributed by atoms with Crippen LogP contribution in [0.1, 0.15) is 25.6 Å². The lowest BCUT2D eigenvalue weighted by Gasteiger charge is -2.37. The second-order valence-corrected chi connectivity index (χ2v) is 8.84. The zero-order chi connectivity index (χ0) is 16.3. The molecule has 1 amide bonds. The number of thiophene rings is 1. The minimum absolute atomic E-state index is 0. The van der Waals surface area contributed by atoms with Crippen molar-refractivity contribution in [3.8, 4) is 0 Å². The van der Waals surface area contributed by atoms with Gasteiger partial charge in [0.2, 0.25) is 5.91 Å². The Hall–Kier alpha value is -0.670. The van der Waals surface area contributed by atoms with Crippen LogP contribution in [0.15, 0.2) is 16.3 Å². The molecule has 9 heteroatoms. The quantitative estimate of drug-likeness (QED) is 0.803. The van der Waals surface area contributed by atoms with E-state index < -0.39 is 10.0 Å². The zero-order valence-corrected chi connectivity index (χ0v) is 16.0. The van der Waals surface area contributed by atoms with Crippen molar-refractivity contribution in [2.24, 2.45) is 0 Å². The molecule has 1 aliphatic heterocycles. The first-order chi connectivity index (χ1) is 10.3. The number of piperazine rings is 1. The third-order valence-electron chi connectivity index (χ3n) is 3.92. The maximum absolute atomic E-state index is 12.8. The molecule has 1 aliphatic rings. The van der Waals surface area contributed by atoms with Gasteiger partial charge in [0.1, 0.15) is 4.21 Å². The van der Waals surface area contributed by atoms with Gasteiger partial charge in [-0.25, -0.2) is 8.42 Å². The second-order valence-electron chi connectivity index (χ2n) is 5.55. The molecule has 0 aromatic carbocycles. The van der Waals surface area contributed by atoms with Crippen LogP contribution in [0.25, 0.3) is 0 Å². The number of amides is 1. The molecule has 6 nitrogen and oxygen atoms in total. The van der Waals surface area contributed by atoms with E-state index in [0.717, 1.165) is 4.88 Å². The molecule has 1 saturated heterocycles. The summed E-state index contributed by atoms with van der Waals surface area (Å²) in [7, 11) is -3.44. The lowest BCUT2D eigenvalue weighted by atomic mass is 10.1. The molecule has 2 atom stereocenters. The predicted molar refractivity (Wildman–Crippen MR) is 94.8 cm³/mol. The summed E-state index contributed by atoms with van der Waals surface area (Å²) in [6, 6.07) is 3.57. The van der Waals surface area contributed by atoms with Crippen LogP contribution in [0.2, 0.25) is 0 Å². The largest absolute Gasteiger partial charge is 0.356 e. The van der Waals surface area contributed by atoms with Crippen molar-refractivity contribution in [1.29, 1.82) is 0 Å². The third kappa shape index (κ3) is 4.90. The van der Waals surface area contributed by atoms with Gasteiger partial charge in [-0.05, 0) is 32.4 Å². The molecule has 1 aromatic rings. The fourth-order valence-electron chi connectivity index (χ4n) is 2.47. The summed E-state index contributed by atoms with van der Waals surface area (Å²) >= 11 is 1.29. The lowest BCUT2D eigenvalue weighted by Crippen LogP contribution is -2.56. The zero-order valence-electron chi connectivity index (χ0n) is 13.5. The third-order valence-corrected chi connectivity index (χ3v) is 7.52. The van der Waals surface area contributed by atoms with E-state index in [1.54, 1.807) is 10.4 Å².